The minimum absolute atomic E-state index is 0.0734. The Labute approximate surface area is 167 Å². The van der Waals surface area contributed by atoms with Crippen LogP contribution in [0, 0.1) is 0 Å². The van der Waals surface area contributed by atoms with Gasteiger partial charge in [-0.3, -0.25) is 4.99 Å². The van der Waals surface area contributed by atoms with Crippen molar-refractivity contribution in [1.82, 2.24) is 15.6 Å². The lowest BCUT2D eigenvalue weighted by Gasteiger charge is -2.12. The van der Waals surface area contributed by atoms with Crippen LogP contribution in [0.1, 0.15) is 16.7 Å². The van der Waals surface area contributed by atoms with Crippen LogP contribution in [0.25, 0.3) is 0 Å². The highest BCUT2D eigenvalue weighted by molar-refractivity contribution is 6.29. The molecule has 2 rings (SSSR count). The Kier molecular flexibility index (Phi) is 8.53. The van der Waals surface area contributed by atoms with Gasteiger partial charge in [0.1, 0.15) is 11.8 Å². The zero-order valence-corrected chi connectivity index (χ0v) is 16.1. The molecule has 0 saturated carbocycles. The second-order valence-electron chi connectivity index (χ2n) is 6.02. The normalized spacial score (nSPS) is 12.1. The molecule has 0 fully saturated rings. The molecule has 0 aliphatic heterocycles. The Morgan fingerprint density at radius 2 is 1.75 bits per heavy atom. The third-order valence-corrected chi connectivity index (χ3v) is 3.96. The molecule has 1 aromatic heterocycles. The number of nitrogens with one attached hydrogen (secondary N) is 2. The number of hydrogen-bond acceptors (Lipinski definition) is 3. The number of aromatic nitrogens is 1. The van der Waals surface area contributed by atoms with Crippen molar-refractivity contribution in [2.24, 2.45) is 4.99 Å². The summed E-state index contributed by atoms with van der Waals surface area (Å²) in [7, 11) is 1.68. The quantitative estimate of drug-likeness (QED) is 0.392. The fourth-order valence-electron chi connectivity index (χ4n) is 2.32. The Balaban J connectivity index is 1.71. The van der Waals surface area contributed by atoms with E-state index in [0.717, 1.165) is 17.5 Å². The van der Waals surface area contributed by atoms with Crippen molar-refractivity contribution in [3.05, 3.63) is 64.4 Å². The molecule has 9 heteroatoms. The molecule has 2 aromatic rings. The number of rotatable bonds is 8. The lowest BCUT2D eigenvalue weighted by molar-refractivity contribution is -0.176. The molecule has 0 spiro atoms. The maximum atomic E-state index is 12.1. The number of nitrogens with zero attached hydrogens (tertiary/aromatic N) is 2. The molecule has 2 N–H and O–H groups in total. The molecule has 1 heterocycles. The van der Waals surface area contributed by atoms with E-state index in [1.165, 1.54) is 0 Å². The lowest BCUT2D eigenvalue weighted by atomic mass is 10.1. The van der Waals surface area contributed by atoms with Crippen molar-refractivity contribution in [3.63, 3.8) is 0 Å². The summed E-state index contributed by atoms with van der Waals surface area (Å²) in [5.74, 6) is 0.652. The van der Waals surface area contributed by atoms with Crippen LogP contribution in [0.5, 0.6) is 0 Å². The minimum Gasteiger partial charge on any atom is -0.367 e. The van der Waals surface area contributed by atoms with Gasteiger partial charge in [-0.2, -0.15) is 13.2 Å². The highest BCUT2D eigenvalue weighted by Gasteiger charge is 2.27. The fraction of sp³-hybridized carbons (Fsp3) is 0.368. The largest absolute Gasteiger partial charge is 0.411 e. The van der Waals surface area contributed by atoms with Gasteiger partial charge in [-0.05, 0) is 29.2 Å². The second kappa shape index (κ2) is 10.9. The number of ether oxygens (including phenoxy) is 1. The standard InChI is InChI=1S/C19H22ClF3N4O/c1-24-18(25-9-8-15-6-7-17(20)26-10-15)27-11-14-2-4-16(5-3-14)12-28-13-19(21,22)23/h2-7,10H,8-9,11-13H2,1H3,(H2,24,25,27). The van der Waals surface area contributed by atoms with Gasteiger partial charge < -0.3 is 15.4 Å². The van der Waals surface area contributed by atoms with Crippen LogP contribution in [-0.2, 0) is 24.3 Å². The summed E-state index contributed by atoms with van der Waals surface area (Å²) in [6, 6.07) is 10.8. The molecule has 0 atom stereocenters. The number of benzene rings is 1. The molecular formula is C19H22ClF3N4O. The van der Waals surface area contributed by atoms with E-state index in [1.807, 2.05) is 18.2 Å². The minimum atomic E-state index is -4.31. The fourth-order valence-corrected chi connectivity index (χ4v) is 2.44. The molecule has 0 radical (unpaired) electrons. The molecule has 152 valence electrons. The molecule has 0 bridgehead atoms. The average Bonchev–Trinajstić information content (AvgIpc) is 2.66. The van der Waals surface area contributed by atoms with Crippen LogP contribution >= 0.6 is 11.6 Å². The van der Waals surface area contributed by atoms with Crippen LogP contribution in [0.3, 0.4) is 0 Å². The van der Waals surface area contributed by atoms with Crippen molar-refractivity contribution in [2.75, 3.05) is 20.2 Å². The monoisotopic (exact) mass is 414 g/mol. The first-order valence-corrected chi connectivity index (χ1v) is 9.01. The number of guanidine groups is 1. The van der Waals surface area contributed by atoms with E-state index in [1.54, 1.807) is 31.4 Å². The Hall–Kier alpha value is -2.32. The third-order valence-electron chi connectivity index (χ3n) is 3.74. The Morgan fingerprint density at radius 3 is 2.36 bits per heavy atom. The molecule has 5 nitrogen and oxygen atoms in total. The number of aliphatic imine (C=N–C) groups is 1. The highest BCUT2D eigenvalue weighted by atomic mass is 35.5. The molecule has 0 unspecified atom stereocenters. The predicted molar refractivity (Wildman–Crippen MR) is 103 cm³/mol. The van der Waals surface area contributed by atoms with Crippen molar-refractivity contribution < 1.29 is 17.9 Å². The van der Waals surface area contributed by atoms with Gasteiger partial charge in [-0.15, -0.1) is 0 Å². The zero-order chi connectivity index (χ0) is 20.4. The van der Waals surface area contributed by atoms with Crippen molar-refractivity contribution in [1.29, 1.82) is 0 Å². The first kappa shape index (κ1) is 22.0. The molecule has 1 aromatic carbocycles. The molecule has 0 saturated heterocycles. The lowest BCUT2D eigenvalue weighted by Crippen LogP contribution is -2.37. The summed E-state index contributed by atoms with van der Waals surface area (Å²) in [6.07, 6.45) is -1.80. The number of alkyl halides is 3. The summed E-state index contributed by atoms with van der Waals surface area (Å²) in [6.45, 7) is -0.106. The molecule has 0 amide bonds. The number of hydrogen-bond donors (Lipinski definition) is 2. The van der Waals surface area contributed by atoms with Crippen LogP contribution < -0.4 is 10.6 Å². The third kappa shape index (κ3) is 8.58. The highest BCUT2D eigenvalue weighted by Crippen LogP contribution is 2.15. The van der Waals surface area contributed by atoms with E-state index in [9.17, 15) is 13.2 Å². The predicted octanol–water partition coefficient (Wildman–Crippen LogP) is 3.72. The summed E-state index contributed by atoms with van der Waals surface area (Å²) >= 11 is 5.76. The molecule has 0 aliphatic carbocycles. The summed E-state index contributed by atoms with van der Waals surface area (Å²) < 4.78 is 40.9. The number of pyridine rings is 1. The molecular weight excluding hydrogens is 393 g/mol. The van der Waals surface area contributed by atoms with Crippen molar-refractivity contribution in [2.45, 2.75) is 25.7 Å². The van der Waals surface area contributed by atoms with Gasteiger partial charge in [0.05, 0.1) is 6.61 Å². The summed E-state index contributed by atoms with van der Waals surface area (Å²) in [5, 5.41) is 6.86. The summed E-state index contributed by atoms with van der Waals surface area (Å²) in [5.41, 5.74) is 2.73. The Bertz CT molecular complexity index is 749. The van der Waals surface area contributed by atoms with E-state index < -0.39 is 12.8 Å². The van der Waals surface area contributed by atoms with Gasteiger partial charge in [-0.1, -0.05) is 41.9 Å². The Morgan fingerprint density at radius 1 is 1.07 bits per heavy atom. The van der Waals surface area contributed by atoms with Gasteiger partial charge >= 0.3 is 6.18 Å². The van der Waals surface area contributed by atoms with E-state index >= 15 is 0 Å². The van der Waals surface area contributed by atoms with Crippen LogP contribution in [0.15, 0.2) is 47.6 Å². The zero-order valence-electron chi connectivity index (χ0n) is 15.4. The molecule has 28 heavy (non-hydrogen) atoms. The van der Waals surface area contributed by atoms with Crippen LogP contribution in [0.4, 0.5) is 13.2 Å². The van der Waals surface area contributed by atoms with Crippen LogP contribution in [-0.4, -0.2) is 37.3 Å². The molecule has 0 aliphatic rings. The average molecular weight is 415 g/mol. The SMILES string of the molecule is CN=C(NCCc1ccc(Cl)nc1)NCc1ccc(COCC(F)(F)F)cc1. The van der Waals surface area contributed by atoms with Gasteiger partial charge in [0, 0.05) is 26.3 Å². The van der Waals surface area contributed by atoms with Crippen LogP contribution in [0.2, 0.25) is 5.15 Å². The topological polar surface area (TPSA) is 58.5 Å². The van der Waals surface area contributed by atoms with Gasteiger partial charge in [0.2, 0.25) is 0 Å². The van der Waals surface area contributed by atoms with E-state index in [0.29, 0.717) is 29.8 Å². The van der Waals surface area contributed by atoms with Crippen molar-refractivity contribution in [3.8, 4) is 0 Å². The maximum Gasteiger partial charge on any atom is 0.411 e. The van der Waals surface area contributed by atoms with Crippen molar-refractivity contribution >= 4 is 17.6 Å². The smallest absolute Gasteiger partial charge is 0.367 e. The maximum absolute atomic E-state index is 12.1. The first-order chi connectivity index (χ1) is 13.4. The van der Waals surface area contributed by atoms with Gasteiger partial charge in [0.25, 0.3) is 0 Å². The van der Waals surface area contributed by atoms with E-state index in [-0.39, 0.29) is 6.61 Å². The first-order valence-electron chi connectivity index (χ1n) is 8.63. The van der Waals surface area contributed by atoms with Gasteiger partial charge in [-0.25, -0.2) is 4.98 Å². The van der Waals surface area contributed by atoms with Gasteiger partial charge in [0.15, 0.2) is 5.96 Å². The second-order valence-corrected chi connectivity index (χ2v) is 6.40. The van der Waals surface area contributed by atoms with E-state index in [2.05, 4.69) is 25.3 Å². The summed E-state index contributed by atoms with van der Waals surface area (Å²) in [4.78, 5) is 8.20. The number of halogens is 4. The van der Waals surface area contributed by atoms with E-state index in [4.69, 9.17) is 11.6 Å².